The minimum Gasteiger partial charge on any atom is -0.370 e. The van der Waals surface area contributed by atoms with Crippen LogP contribution in [0.2, 0.25) is 5.02 Å². The Morgan fingerprint density at radius 1 is 1.43 bits per heavy atom. The average Bonchev–Trinajstić information content (AvgIpc) is 2.95. The van der Waals surface area contributed by atoms with Gasteiger partial charge in [-0.3, -0.25) is 4.79 Å². The van der Waals surface area contributed by atoms with Crippen LogP contribution in [-0.2, 0) is 5.54 Å². The number of pyridine rings is 1. The summed E-state index contributed by atoms with van der Waals surface area (Å²) in [7, 11) is 0. The lowest BCUT2D eigenvalue weighted by molar-refractivity contribution is 0.0907. The number of thiazole rings is 1. The number of rotatable bonds is 5. The van der Waals surface area contributed by atoms with Crippen molar-refractivity contribution in [3.8, 4) is 0 Å². The topological polar surface area (TPSA) is 66.9 Å². The van der Waals surface area contributed by atoms with Crippen LogP contribution in [0.3, 0.4) is 0 Å². The third-order valence-electron chi connectivity index (χ3n) is 2.81. The molecule has 7 heteroatoms. The van der Waals surface area contributed by atoms with Gasteiger partial charge in [0.2, 0.25) is 0 Å². The van der Waals surface area contributed by atoms with Crippen molar-refractivity contribution in [2.45, 2.75) is 26.3 Å². The third-order valence-corrected chi connectivity index (χ3v) is 4.21. The zero-order valence-corrected chi connectivity index (χ0v) is 13.7. The number of nitrogens with one attached hydrogen (secondary N) is 2. The second-order valence-electron chi connectivity index (χ2n) is 4.97. The number of amides is 1. The van der Waals surface area contributed by atoms with Gasteiger partial charge in [-0.05, 0) is 32.9 Å². The van der Waals surface area contributed by atoms with E-state index < -0.39 is 5.54 Å². The largest absolute Gasteiger partial charge is 0.370 e. The number of anilines is 1. The summed E-state index contributed by atoms with van der Waals surface area (Å²) in [6.45, 7) is 6.47. The van der Waals surface area contributed by atoms with Crippen LogP contribution in [0.25, 0.3) is 0 Å². The van der Waals surface area contributed by atoms with Crippen LogP contribution in [0.5, 0.6) is 0 Å². The molecule has 0 bridgehead atoms. The van der Waals surface area contributed by atoms with E-state index in [1.165, 1.54) is 11.3 Å². The summed E-state index contributed by atoms with van der Waals surface area (Å²) in [4.78, 5) is 20.9. The molecule has 2 aromatic rings. The summed E-state index contributed by atoms with van der Waals surface area (Å²) < 4.78 is 0. The van der Waals surface area contributed by atoms with Gasteiger partial charge in [-0.2, -0.15) is 0 Å². The predicted octanol–water partition coefficient (Wildman–Crippen LogP) is 3.29. The van der Waals surface area contributed by atoms with Crippen molar-refractivity contribution in [2.75, 3.05) is 11.9 Å². The Balaban J connectivity index is 2.22. The molecule has 0 aliphatic carbocycles. The lowest BCUT2D eigenvalue weighted by Gasteiger charge is -2.23. The molecule has 0 aliphatic rings. The molecule has 1 amide bonds. The van der Waals surface area contributed by atoms with Gasteiger partial charge in [-0.15, -0.1) is 11.3 Å². The number of aromatic nitrogens is 2. The molecule has 0 unspecified atom stereocenters. The zero-order chi connectivity index (χ0) is 15.5. The normalized spacial score (nSPS) is 11.2. The summed E-state index contributed by atoms with van der Waals surface area (Å²) in [5.74, 6) is 0.305. The van der Waals surface area contributed by atoms with Crippen LogP contribution in [-0.4, -0.2) is 22.4 Å². The summed E-state index contributed by atoms with van der Waals surface area (Å²) in [6, 6.07) is 3.41. The quantitative estimate of drug-likeness (QED) is 0.885. The zero-order valence-electron chi connectivity index (χ0n) is 12.1. The molecule has 0 spiro atoms. The Morgan fingerprint density at radius 3 is 2.81 bits per heavy atom. The van der Waals surface area contributed by atoms with E-state index in [4.69, 9.17) is 11.6 Å². The van der Waals surface area contributed by atoms with Crippen molar-refractivity contribution < 1.29 is 4.79 Å². The highest BCUT2D eigenvalue weighted by Gasteiger charge is 2.27. The van der Waals surface area contributed by atoms with Crippen molar-refractivity contribution in [1.29, 1.82) is 0 Å². The first kappa shape index (κ1) is 15.7. The summed E-state index contributed by atoms with van der Waals surface area (Å²) in [5.41, 5.74) is -0.371. The van der Waals surface area contributed by atoms with Crippen molar-refractivity contribution >= 4 is 34.7 Å². The molecule has 112 valence electrons. The first-order chi connectivity index (χ1) is 9.94. The molecule has 0 saturated heterocycles. The Morgan fingerprint density at radius 2 is 2.19 bits per heavy atom. The van der Waals surface area contributed by atoms with E-state index in [9.17, 15) is 4.79 Å². The molecule has 2 heterocycles. The number of carbonyl (C=O) groups is 1. The van der Waals surface area contributed by atoms with Gasteiger partial charge in [0.1, 0.15) is 16.5 Å². The van der Waals surface area contributed by atoms with Crippen LogP contribution in [0.1, 0.15) is 36.3 Å². The lowest BCUT2D eigenvalue weighted by Crippen LogP contribution is -2.41. The number of nitrogens with zero attached hydrogens (tertiary/aromatic N) is 2. The van der Waals surface area contributed by atoms with Crippen LogP contribution < -0.4 is 10.6 Å². The van der Waals surface area contributed by atoms with E-state index in [0.717, 1.165) is 11.6 Å². The molecule has 2 N–H and O–H groups in total. The lowest BCUT2D eigenvalue weighted by atomic mass is 10.1. The third kappa shape index (κ3) is 3.71. The van der Waals surface area contributed by atoms with Gasteiger partial charge in [-0.25, -0.2) is 9.97 Å². The van der Waals surface area contributed by atoms with Crippen molar-refractivity contribution in [3.05, 3.63) is 39.4 Å². The van der Waals surface area contributed by atoms with Crippen LogP contribution in [0, 0.1) is 0 Å². The summed E-state index contributed by atoms with van der Waals surface area (Å²) >= 11 is 7.57. The Hall–Kier alpha value is -1.66. The maximum absolute atomic E-state index is 12.4. The fourth-order valence-corrected chi connectivity index (χ4v) is 2.72. The highest BCUT2D eigenvalue weighted by molar-refractivity contribution is 7.09. The molecule has 2 rings (SSSR count). The molecule has 0 atom stereocenters. The van der Waals surface area contributed by atoms with Gasteiger partial charge < -0.3 is 10.6 Å². The second-order valence-corrected chi connectivity index (χ2v) is 6.28. The number of halogens is 1. The fourth-order valence-electron chi connectivity index (χ4n) is 1.81. The molecule has 0 fully saturated rings. The van der Waals surface area contributed by atoms with Crippen molar-refractivity contribution in [3.63, 3.8) is 0 Å². The standard InChI is InChI=1S/C14H17ClN4OS/c1-4-16-10-6-5-9(15)11(18-10)12(20)19-14(2,3)13-17-7-8-21-13/h5-8H,4H2,1-3H3,(H,16,18)(H,19,20). The number of hydrogen-bond acceptors (Lipinski definition) is 5. The average molecular weight is 325 g/mol. The Kier molecular flexibility index (Phi) is 4.80. The van der Waals surface area contributed by atoms with Gasteiger partial charge in [0.15, 0.2) is 0 Å². The van der Waals surface area contributed by atoms with Gasteiger partial charge in [0.25, 0.3) is 5.91 Å². The molecule has 0 radical (unpaired) electrons. The molecule has 0 saturated carbocycles. The molecule has 2 aromatic heterocycles. The van der Waals surface area contributed by atoms with E-state index >= 15 is 0 Å². The first-order valence-electron chi connectivity index (χ1n) is 6.57. The van der Waals surface area contributed by atoms with Gasteiger partial charge in [-0.1, -0.05) is 11.6 Å². The van der Waals surface area contributed by atoms with E-state index in [-0.39, 0.29) is 11.6 Å². The number of carbonyl (C=O) groups excluding carboxylic acids is 1. The minimum atomic E-state index is -0.579. The SMILES string of the molecule is CCNc1ccc(Cl)c(C(=O)NC(C)(C)c2nccs2)n1. The van der Waals surface area contributed by atoms with E-state index in [2.05, 4.69) is 20.6 Å². The monoisotopic (exact) mass is 324 g/mol. The fraction of sp³-hybridized carbons (Fsp3) is 0.357. The van der Waals surface area contributed by atoms with Gasteiger partial charge >= 0.3 is 0 Å². The molecular weight excluding hydrogens is 308 g/mol. The van der Waals surface area contributed by atoms with Crippen LogP contribution in [0.4, 0.5) is 5.82 Å². The van der Waals surface area contributed by atoms with E-state index in [1.807, 2.05) is 26.2 Å². The number of hydrogen-bond donors (Lipinski definition) is 2. The smallest absolute Gasteiger partial charge is 0.272 e. The maximum Gasteiger partial charge on any atom is 0.272 e. The highest BCUT2D eigenvalue weighted by atomic mass is 35.5. The van der Waals surface area contributed by atoms with E-state index in [1.54, 1.807) is 18.3 Å². The molecular formula is C14H17ClN4OS. The molecule has 21 heavy (non-hydrogen) atoms. The highest BCUT2D eigenvalue weighted by Crippen LogP contribution is 2.24. The Bertz CT molecular complexity index is 628. The second kappa shape index (κ2) is 6.41. The summed E-state index contributed by atoms with van der Waals surface area (Å²) in [5, 5.41) is 9.01. The van der Waals surface area contributed by atoms with E-state index in [0.29, 0.717) is 10.8 Å². The minimum absolute atomic E-state index is 0.208. The predicted molar refractivity (Wildman–Crippen MR) is 86.0 cm³/mol. The van der Waals surface area contributed by atoms with Crippen molar-refractivity contribution in [1.82, 2.24) is 15.3 Å². The van der Waals surface area contributed by atoms with Crippen LogP contribution >= 0.6 is 22.9 Å². The molecule has 0 aromatic carbocycles. The van der Waals surface area contributed by atoms with Gasteiger partial charge in [0, 0.05) is 18.1 Å². The van der Waals surface area contributed by atoms with Crippen molar-refractivity contribution in [2.24, 2.45) is 0 Å². The molecule has 5 nitrogen and oxygen atoms in total. The summed E-state index contributed by atoms with van der Waals surface area (Å²) in [6.07, 6.45) is 1.71. The first-order valence-corrected chi connectivity index (χ1v) is 7.82. The van der Waals surface area contributed by atoms with Gasteiger partial charge in [0.05, 0.1) is 10.6 Å². The van der Waals surface area contributed by atoms with Crippen LogP contribution in [0.15, 0.2) is 23.7 Å². The Labute approximate surface area is 132 Å². The molecule has 0 aliphatic heterocycles. The maximum atomic E-state index is 12.4.